The average Bonchev–Trinajstić information content (AvgIpc) is 2.55. The highest BCUT2D eigenvalue weighted by molar-refractivity contribution is 5.89. The molecule has 0 saturated carbocycles. The number of allylic oxidation sites excluding steroid dienone is 1. The second-order valence-electron chi connectivity index (χ2n) is 5.84. The maximum Gasteiger partial charge on any atom is 0.0709 e. The summed E-state index contributed by atoms with van der Waals surface area (Å²) < 4.78 is 0. The quantitative estimate of drug-likeness (QED) is 0.659. The van der Waals surface area contributed by atoms with Gasteiger partial charge in [-0.05, 0) is 60.2 Å². The summed E-state index contributed by atoms with van der Waals surface area (Å²) in [5.41, 5.74) is 12.8. The molecule has 0 bridgehead atoms. The minimum absolute atomic E-state index is 0.822. The van der Waals surface area contributed by atoms with Crippen LogP contribution in [0.25, 0.3) is 22.6 Å². The molecule has 22 heavy (non-hydrogen) atoms. The molecule has 2 N–H and O–H groups in total. The fourth-order valence-corrected chi connectivity index (χ4v) is 3.19. The van der Waals surface area contributed by atoms with Crippen molar-refractivity contribution >= 4 is 28.2 Å². The highest BCUT2D eigenvalue weighted by Crippen LogP contribution is 2.33. The molecule has 1 aromatic heterocycles. The molecule has 0 unspecified atom stereocenters. The van der Waals surface area contributed by atoms with E-state index >= 15 is 0 Å². The summed E-state index contributed by atoms with van der Waals surface area (Å²) in [6.45, 7) is 0. The largest absolute Gasteiger partial charge is 0.398 e. The minimum Gasteiger partial charge on any atom is -0.398 e. The van der Waals surface area contributed by atoms with Gasteiger partial charge in [0.2, 0.25) is 0 Å². The Morgan fingerprint density at radius 2 is 1.77 bits per heavy atom. The number of pyridine rings is 1. The number of aromatic nitrogens is 1. The summed E-state index contributed by atoms with van der Waals surface area (Å²) in [6, 6.07) is 18.6. The summed E-state index contributed by atoms with van der Waals surface area (Å²) in [7, 11) is 0. The van der Waals surface area contributed by atoms with Crippen LogP contribution in [0.1, 0.15) is 29.7 Å². The number of fused-ring (bicyclic) bond motifs is 2. The highest BCUT2D eigenvalue weighted by atomic mass is 14.7. The summed E-state index contributed by atoms with van der Waals surface area (Å²) in [6.07, 6.45) is 5.54. The van der Waals surface area contributed by atoms with Crippen molar-refractivity contribution in [3.05, 3.63) is 71.4 Å². The van der Waals surface area contributed by atoms with Crippen molar-refractivity contribution in [1.82, 2.24) is 4.98 Å². The van der Waals surface area contributed by atoms with E-state index in [-0.39, 0.29) is 0 Å². The second kappa shape index (κ2) is 5.30. The predicted octanol–water partition coefficient (Wildman–Crippen LogP) is 4.69. The molecule has 0 radical (unpaired) electrons. The number of hydrogen-bond acceptors (Lipinski definition) is 2. The summed E-state index contributed by atoms with van der Waals surface area (Å²) >= 11 is 0. The van der Waals surface area contributed by atoms with Gasteiger partial charge in [0.05, 0.1) is 11.2 Å². The van der Waals surface area contributed by atoms with E-state index in [0.29, 0.717) is 0 Å². The number of benzene rings is 2. The fraction of sp³-hybridized carbons (Fsp3) is 0.150. The molecule has 2 heteroatoms. The number of nitrogens with two attached hydrogens (primary N) is 1. The zero-order valence-corrected chi connectivity index (χ0v) is 12.4. The monoisotopic (exact) mass is 286 g/mol. The number of anilines is 1. The van der Waals surface area contributed by atoms with E-state index in [0.717, 1.165) is 35.3 Å². The standard InChI is InChI=1S/C20H18N2/c21-18-10-3-1-6-14(18)12-16-8-5-9-17-13-15-7-2-4-11-19(15)22-20(16)17/h1-4,6-7,10-13H,5,8-9,21H2. The van der Waals surface area contributed by atoms with E-state index in [1.807, 2.05) is 24.3 Å². The SMILES string of the molecule is Nc1ccccc1C=C1CCCc2cc3ccccc3nc21. The molecule has 4 rings (SSSR count). The minimum atomic E-state index is 0.822. The molecule has 0 atom stereocenters. The molecule has 2 nitrogen and oxygen atoms in total. The first-order valence-corrected chi connectivity index (χ1v) is 7.75. The van der Waals surface area contributed by atoms with Crippen LogP contribution in [0.2, 0.25) is 0 Å². The first-order chi connectivity index (χ1) is 10.8. The first-order valence-electron chi connectivity index (χ1n) is 7.75. The van der Waals surface area contributed by atoms with Gasteiger partial charge in [0, 0.05) is 11.1 Å². The Kier molecular flexibility index (Phi) is 3.15. The molecule has 0 amide bonds. The second-order valence-corrected chi connectivity index (χ2v) is 5.84. The van der Waals surface area contributed by atoms with Crippen molar-refractivity contribution < 1.29 is 0 Å². The van der Waals surface area contributed by atoms with Gasteiger partial charge in [0.15, 0.2) is 0 Å². The Morgan fingerprint density at radius 1 is 0.955 bits per heavy atom. The first kappa shape index (κ1) is 13.1. The van der Waals surface area contributed by atoms with E-state index in [1.165, 1.54) is 22.9 Å². The smallest absolute Gasteiger partial charge is 0.0709 e. The van der Waals surface area contributed by atoms with Crippen LogP contribution in [0.5, 0.6) is 0 Å². The average molecular weight is 286 g/mol. The van der Waals surface area contributed by atoms with Crippen LogP contribution in [0.3, 0.4) is 0 Å². The van der Waals surface area contributed by atoms with Crippen molar-refractivity contribution in [3.63, 3.8) is 0 Å². The lowest BCUT2D eigenvalue weighted by atomic mass is 9.89. The van der Waals surface area contributed by atoms with Crippen LogP contribution in [-0.2, 0) is 6.42 Å². The molecule has 2 aromatic carbocycles. The third-order valence-corrected chi connectivity index (χ3v) is 4.33. The zero-order valence-electron chi connectivity index (χ0n) is 12.4. The van der Waals surface area contributed by atoms with Crippen LogP contribution in [0.15, 0.2) is 54.6 Å². The number of para-hydroxylation sites is 2. The Bertz CT molecular complexity index is 878. The third-order valence-electron chi connectivity index (χ3n) is 4.33. The highest BCUT2D eigenvalue weighted by Gasteiger charge is 2.16. The molecule has 1 aliphatic carbocycles. The van der Waals surface area contributed by atoms with Crippen molar-refractivity contribution in [2.24, 2.45) is 0 Å². The summed E-state index contributed by atoms with van der Waals surface area (Å²) in [5, 5.41) is 1.22. The van der Waals surface area contributed by atoms with Crippen LogP contribution in [0, 0.1) is 0 Å². The van der Waals surface area contributed by atoms with Crippen molar-refractivity contribution in [3.8, 4) is 0 Å². The molecule has 3 aromatic rings. The van der Waals surface area contributed by atoms with Gasteiger partial charge in [0.25, 0.3) is 0 Å². The number of hydrogen-bond donors (Lipinski definition) is 1. The molecule has 108 valence electrons. The predicted molar refractivity (Wildman–Crippen MR) is 93.4 cm³/mol. The Morgan fingerprint density at radius 3 is 2.68 bits per heavy atom. The Labute approximate surface area is 130 Å². The number of aryl methyl sites for hydroxylation is 1. The van der Waals surface area contributed by atoms with Gasteiger partial charge in [-0.15, -0.1) is 0 Å². The number of rotatable bonds is 1. The van der Waals surface area contributed by atoms with Crippen LogP contribution >= 0.6 is 0 Å². The van der Waals surface area contributed by atoms with Gasteiger partial charge in [-0.1, -0.05) is 36.4 Å². The molecule has 0 aliphatic heterocycles. The molecule has 1 aliphatic rings. The van der Waals surface area contributed by atoms with Gasteiger partial charge in [-0.3, -0.25) is 0 Å². The van der Waals surface area contributed by atoms with Gasteiger partial charge in [-0.25, -0.2) is 4.98 Å². The normalized spacial score (nSPS) is 15.9. The maximum atomic E-state index is 6.08. The van der Waals surface area contributed by atoms with E-state index in [1.54, 1.807) is 0 Å². The fourth-order valence-electron chi connectivity index (χ4n) is 3.19. The van der Waals surface area contributed by atoms with Crippen molar-refractivity contribution in [2.45, 2.75) is 19.3 Å². The van der Waals surface area contributed by atoms with E-state index in [2.05, 4.69) is 36.4 Å². The summed E-state index contributed by atoms with van der Waals surface area (Å²) in [5.74, 6) is 0. The number of nitrogens with zero attached hydrogens (tertiary/aromatic N) is 1. The zero-order chi connectivity index (χ0) is 14.9. The molecule has 0 saturated heterocycles. The van der Waals surface area contributed by atoms with Gasteiger partial charge >= 0.3 is 0 Å². The van der Waals surface area contributed by atoms with Crippen molar-refractivity contribution in [2.75, 3.05) is 5.73 Å². The van der Waals surface area contributed by atoms with Crippen LogP contribution in [0.4, 0.5) is 5.69 Å². The van der Waals surface area contributed by atoms with Gasteiger partial charge in [0.1, 0.15) is 0 Å². The maximum absolute atomic E-state index is 6.08. The van der Waals surface area contributed by atoms with E-state index in [4.69, 9.17) is 10.7 Å². The van der Waals surface area contributed by atoms with Crippen molar-refractivity contribution in [1.29, 1.82) is 0 Å². The molecule has 0 spiro atoms. The topological polar surface area (TPSA) is 38.9 Å². The molecular formula is C20H18N2. The third kappa shape index (κ3) is 2.27. The lowest BCUT2D eigenvalue weighted by Crippen LogP contribution is -2.05. The molecular weight excluding hydrogens is 268 g/mol. The lowest BCUT2D eigenvalue weighted by Gasteiger charge is -2.19. The molecule has 1 heterocycles. The van der Waals surface area contributed by atoms with E-state index < -0.39 is 0 Å². The van der Waals surface area contributed by atoms with Gasteiger partial charge < -0.3 is 5.73 Å². The molecule has 0 fully saturated rings. The van der Waals surface area contributed by atoms with Crippen LogP contribution < -0.4 is 5.73 Å². The summed E-state index contributed by atoms with van der Waals surface area (Å²) in [4.78, 5) is 4.91. The Balaban J connectivity index is 1.88. The lowest BCUT2D eigenvalue weighted by molar-refractivity contribution is 0.815. The van der Waals surface area contributed by atoms with Crippen LogP contribution in [-0.4, -0.2) is 4.98 Å². The van der Waals surface area contributed by atoms with Gasteiger partial charge in [-0.2, -0.15) is 0 Å². The number of nitrogen functional groups attached to an aromatic ring is 1. The van der Waals surface area contributed by atoms with E-state index in [9.17, 15) is 0 Å². The Hall–Kier alpha value is -2.61.